The molecule has 1 fully saturated rings. The number of hydrogen-bond acceptors (Lipinski definition) is 2. The lowest BCUT2D eigenvalue weighted by molar-refractivity contribution is 0.269. The van der Waals surface area contributed by atoms with Gasteiger partial charge in [0.05, 0.1) is 6.54 Å². The van der Waals surface area contributed by atoms with Crippen LogP contribution in [0.1, 0.15) is 19.8 Å². The summed E-state index contributed by atoms with van der Waals surface area (Å²) < 4.78 is 18.5. The van der Waals surface area contributed by atoms with Crippen molar-refractivity contribution < 1.29 is 9.13 Å². The van der Waals surface area contributed by atoms with Crippen molar-refractivity contribution in [3.63, 3.8) is 0 Å². The number of rotatable bonds is 4. The van der Waals surface area contributed by atoms with Crippen molar-refractivity contribution in [3.8, 4) is 5.75 Å². The number of benzene rings is 1. The molecular formula is C16H25FIN3O. The zero-order valence-corrected chi connectivity index (χ0v) is 15.5. The van der Waals surface area contributed by atoms with Gasteiger partial charge in [0.2, 0.25) is 0 Å². The molecule has 0 atom stereocenters. The summed E-state index contributed by atoms with van der Waals surface area (Å²) in [5.41, 5.74) is 0. The number of ether oxygens (including phenoxy) is 1. The fraction of sp³-hybridized carbons (Fsp3) is 0.562. The maximum atomic E-state index is 13.0. The van der Waals surface area contributed by atoms with Gasteiger partial charge >= 0.3 is 0 Å². The first-order chi connectivity index (χ1) is 10.2. The topological polar surface area (TPSA) is 36.9 Å². The Kier molecular flexibility index (Phi) is 8.52. The Morgan fingerprint density at radius 1 is 1.41 bits per heavy atom. The third-order valence-electron chi connectivity index (χ3n) is 3.74. The normalized spacial score (nSPS) is 16.1. The highest BCUT2D eigenvalue weighted by molar-refractivity contribution is 14.0. The zero-order valence-electron chi connectivity index (χ0n) is 13.2. The molecule has 1 N–H and O–H groups in total. The van der Waals surface area contributed by atoms with Crippen LogP contribution in [-0.2, 0) is 0 Å². The summed E-state index contributed by atoms with van der Waals surface area (Å²) in [6.45, 7) is 5.51. The molecule has 124 valence electrons. The van der Waals surface area contributed by atoms with E-state index < -0.39 is 0 Å². The first-order valence-electron chi connectivity index (χ1n) is 7.53. The summed E-state index contributed by atoms with van der Waals surface area (Å²) in [6.07, 6.45) is 2.42. The lowest BCUT2D eigenvalue weighted by Gasteiger charge is -2.32. The lowest BCUT2D eigenvalue weighted by atomic mass is 10.00. The number of hydrogen-bond donors (Lipinski definition) is 1. The molecule has 1 aliphatic heterocycles. The van der Waals surface area contributed by atoms with Crippen LogP contribution >= 0.6 is 24.0 Å². The molecule has 22 heavy (non-hydrogen) atoms. The molecule has 1 saturated heterocycles. The van der Waals surface area contributed by atoms with E-state index in [9.17, 15) is 4.39 Å². The van der Waals surface area contributed by atoms with Gasteiger partial charge in [0.15, 0.2) is 5.96 Å². The van der Waals surface area contributed by atoms with Gasteiger partial charge in [-0.1, -0.05) is 13.0 Å². The van der Waals surface area contributed by atoms with E-state index in [1.807, 2.05) is 0 Å². The van der Waals surface area contributed by atoms with E-state index >= 15 is 0 Å². The minimum atomic E-state index is -0.279. The molecule has 2 rings (SSSR count). The van der Waals surface area contributed by atoms with E-state index in [2.05, 4.69) is 22.1 Å². The van der Waals surface area contributed by atoms with E-state index in [4.69, 9.17) is 4.74 Å². The van der Waals surface area contributed by atoms with Crippen molar-refractivity contribution in [3.05, 3.63) is 30.1 Å². The maximum Gasteiger partial charge on any atom is 0.193 e. The Labute approximate surface area is 149 Å². The van der Waals surface area contributed by atoms with Crippen LogP contribution in [0.3, 0.4) is 0 Å². The van der Waals surface area contributed by atoms with E-state index in [0.717, 1.165) is 25.0 Å². The number of aliphatic imine (C=N–C) groups is 1. The number of halogens is 2. The van der Waals surface area contributed by atoms with Crippen molar-refractivity contribution >= 4 is 29.9 Å². The summed E-state index contributed by atoms with van der Waals surface area (Å²) in [4.78, 5) is 6.59. The maximum absolute atomic E-state index is 13.0. The van der Waals surface area contributed by atoms with Crippen LogP contribution in [0.15, 0.2) is 29.3 Å². The highest BCUT2D eigenvalue weighted by atomic mass is 127. The predicted octanol–water partition coefficient (Wildman–Crippen LogP) is 3.13. The monoisotopic (exact) mass is 421 g/mol. The summed E-state index contributed by atoms with van der Waals surface area (Å²) in [5, 5.41) is 3.30. The predicted molar refractivity (Wildman–Crippen MR) is 98.6 cm³/mol. The molecule has 0 aliphatic carbocycles. The minimum Gasteiger partial charge on any atom is -0.492 e. The largest absolute Gasteiger partial charge is 0.492 e. The number of nitrogens with one attached hydrogen (secondary N) is 1. The fourth-order valence-corrected chi connectivity index (χ4v) is 2.44. The molecule has 0 unspecified atom stereocenters. The van der Waals surface area contributed by atoms with Crippen LogP contribution in [0.5, 0.6) is 5.75 Å². The van der Waals surface area contributed by atoms with Gasteiger partial charge in [-0.25, -0.2) is 4.39 Å². The summed E-state index contributed by atoms with van der Waals surface area (Å²) in [5.74, 6) is 2.00. The van der Waals surface area contributed by atoms with E-state index in [-0.39, 0.29) is 29.8 Å². The Balaban J connectivity index is 0.00000242. The van der Waals surface area contributed by atoms with Gasteiger partial charge in [-0.2, -0.15) is 0 Å². The van der Waals surface area contributed by atoms with Crippen LogP contribution < -0.4 is 10.1 Å². The van der Waals surface area contributed by atoms with Gasteiger partial charge in [-0.3, -0.25) is 4.99 Å². The second-order valence-corrected chi connectivity index (χ2v) is 5.45. The number of piperidine rings is 1. The molecule has 0 spiro atoms. The smallest absolute Gasteiger partial charge is 0.193 e. The van der Waals surface area contributed by atoms with E-state index in [0.29, 0.717) is 18.9 Å². The van der Waals surface area contributed by atoms with Crippen molar-refractivity contribution in [1.29, 1.82) is 0 Å². The van der Waals surface area contributed by atoms with Gasteiger partial charge in [0.1, 0.15) is 18.2 Å². The molecule has 1 aromatic carbocycles. The molecule has 0 bridgehead atoms. The molecule has 0 radical (unpaired) electrons. The Morgan fingerprint density at radius 2 is 2.14 bits per heavy atom. The molecule has 1 aliphatic rings. The number of guanidine groups is 1. The first-order valence-corrected chi connectivity index (χ1v) is 7.53. The highest BCUT2D eigenvalue weighted by Crippen LogP contribution is 2.15. The molecule has 1 heterocycles. The van der Waals surface area contributed by atoms with E-state index in [1.54, 1.807) is 19.2 Å². The van der Waals surface area contributed by atoms with Crippen LogP contribution in [-0.4, -0.2) is 44.1 Å². The average Bonchev–Trinajstić information content (AvgIpc) is 2.49. The molecule has 6 heteroatoms. The standard InChI is InChI=1S/C16H24FN3O.HI/c1-13-6-9-20(10-7-13)16(18-2)19-8-11-21-15-5-3-4-14(17)12-15;/h3-5,12-13H,6-11H2,1-2H3,(H,18,19);1H. The lowest BCUT2D eigenvalue weighted by Crippen LogP contribution is -2.46. The quantitative estimate of drug-likeness (QED) is 0.351. The van der Waals surface area contributed by atoms with Crippen molar-refractivity contribution in [2.45, 2.75) is 19.8 Å². The SMILES string of the molecule is CN=C(NCCOc1cccc(F)c1)N1CCC(C)CC1.I. The third-order valence-corrected chi connectivity index (χ3v) is 3.74. The van der Waals surface area contributed by atoms with Crippen LogP contribution in [0.25, 0.3) is 0 Å². The van der Waals surface area contributed by atoms with Crippen LogP contribution in [0, 0.1) is 11.7 Å². The molecule has 0 saturated carbocycles. The Morgan fingerprint density at radius 3 is 2.77 bits per heavy atom. The van der Waals surface area contributed by atoms with Gasteiger partial charge in [-0.15, -0.1) is 24.0 Å². The van der Waals surface area contributed by atoms with Crippen molar-refractivity contribution in [1.82, 2.24) is 10.2 Å². The molecule has 1 aromatic rings. The number of likely N-dealkylation sites (tertiary alicyclic amines) is 1. The first kappa shape index (κ1) is 19.0. The van der Waals surface area contributed by atoms with Gasteiger partial charge in [-0.05, 0) is 30.9 Å². The fourth-order valence-electron chi connectivity index (χ4n) is 2.44. The highest BCUT2D eigenvalue weighted by Gasteiger charge is 2.18. The summed E-state index contributed by atoms with van der Waals surface area (Å²) >= 11 is 0. The van der Waals surface area contributed by atoms with Crippen LogP contribution in [0.2, 0.25) is 0 Å². The summed E-state index contributed by atoms with van der Waals surface area (Å²) in [6, 6.07) is 6.20. The van der Waals surface area contributed by atoms with Crippen molar-refractivity contribution in [2.75, 3.05) is 33.3 Å². The van der Waals surface area contributed by atoms with E-state index in [1.165, 1.54) is 25.0 Å². The molecule has 4 nitrogen and oxygen atoms in total. The molecular weight excluding hydrogens is 396 g/mol. The number of nitrogens with zero attached hydrogens (tertiary/aromatic N) is 2. The van der Waals surface area contributed by atoms with Gasteiger partial charge in [0, 0.05) is 26.2 Å². The van der Waals surface area contributed by atoms with Gasteiger partial charge < -0.3 is 15.0 Å². The molecule has 0 aromatic heterocycles. The van der Waals surface area contributed by atoms with Gasteiger partial charge in [0.25, 0.3) is 0 Å². The average molecular weight is 421 g/mol. The minimum absolute atomic E-state index is 0. The Bertz CT molecular complexity index is 476. The van der Waals surface area contributed by atoms with Crippen molar-refractivity contribution in [2.24, 2.45) is 10.9 Å². The Hall–Kier alpha value is -1.05. The van der Waals surface area contributed by atoms with Crippen LogP contribution in [0.4, 0.5) is 4.39 Å². The zero-order chi connectivity index (χ0) is 15.1. The molecule has 0 amide bonds. The second kappa shape index (κ2) is 9.86. The second-order valence-electron chi connectivity index (χ2n) is 5.45. The summed E-state index contributed by atoms with van der Waals surface area (Å²) in [7, 11) is 1.80. The third kappa shape index (κ3) is 5.98.